The number of aliphatic imine (C=N–C) groups is 1. The Hall–Kier alpha value is -1.20. The molecule has 1 amide bonds. The van der Waals surface area contributed by atoms with Gasteiger partial charge in [0.1, 0.15) is 0 Å². The molecule has 1 saturated carbocycles. The summed E-state index contributed by atoms with van der Waals surface area (Å²) < 4.78 is 0. The van der Waals surface area contributed by atoms with E-state index in [2.05, 4.69) is 17.3 Å². The quantitative estimate of drug-likeness (QED) is 0.823. The van der Waals surface area contributed by atoms with E-state index in [1.807, 2.05) is 19.1 Å². The van der Waals surface area contributed by atoms with E-state index >= 15 is 0 Å². The Labute approximate surface area is 159 Å². The molecule has 1 aliphatic heterocycles. The maximum atomic E-state index is 12.4. The smallest absolute Gasteiger partial charge is 0.226 e. The number of halogens is 1. The molecular formula is C19H26ClN3OS. The van der Waals surface area contributed by atoms with E-state index in [4.69, 9.17) is 16.6 Å². The lowest BCUT2D eigenvalue weighted by Gasteiger charge is -2.23. The summed E-state index contributed by atoms with van der Waals surface area (Å²) in [5, 5.41) is 4.73. The number of thioether (sulfide) groups is 1. The van der Waals surface area contributed by atoms with Gasteiger partial charge in [-0.25, -0.2) is 0 Å². The molecule has 0 radical (unpaired) electrons. The summed E-state index contributed by atoms with van der Waals surface area (Å²) >= 11 is 7.90. The summed E-state index contributed by atoms with van der Waals surface area (Å²) in [6, 6.07) is 6.29. The Morgan fingerprint density at radius 2 is 2.12 bits per heavy atom. The van der Waals surface area contributed by atoms with Gasteiger partial charge in [-0.05, 0) is 37.5 Å². The van der Waals surface area contributed by atoms with Gasteiger partial charge in [-0.15, -0.1) is 0 Å². The summed E-state index contributed by atoms with van der Waals surface area (Å²) in [6.07, 6.45) is 6.81. The lowest BCUT2D eigenvalue weighted by molar-refractivity contribution is -0.116. The van der Waals surface area contributed by atoms with Crippen molar-refractivity contribution in [2.75, 3.05) is 18.1 Å². The minimum Gasteiger partial charge on any atom is -0.350 e. The number of hydrogen-bond acceptors (Lipinski definition) is 3. The van der Waals surface area contributed by atoms with Crippen LogP contribution in [0.5, 0.6) is 0 Å². The largest absolute Gasteiger partial charge is 0.350 e. The Kier molecular flexibility index (Phi) is 6.29. The number of nitrogens with zero attached hydrogens (tertiary/aromatic N) is 2. The molecule has 1 unspecified atom stereocenters. The zero-order valence-electron chi connectivity index (χ0n) is 14.9. The molecular weight excluding hydrogens is 354 g/mol. The fourth-order valence-corrected chi connectivity index (χ4v) is 4.77. The third-order valence-electron chi connectivity index (χ3n) is 5.00. The van der Waals surface area contributed by atoms with E-state index in [1.54, 1.807) is 17.8 Å². The molecule has 1 aromatic rings. The molecule has 1 aliphatic carbocycles. The highest BCUT2D eigenvalue weighted by molar-refractivity contribution is 8.14. The fourth-order valence-electron chi connectivity index (χ4n) is 3.33. The van der Waals surface area contributed by atoms with Crippen molar-refractivity contribution in [3.05, 3.63) is 28.8 Å². The molecule has 1 saturated heterocycles. The second-order valence-electron chi connectivity index (χ2n) is 7.00. The number of amidine groups is 1. The number of hydrogen-bond donors (Lipinski definition) is 1. The van der Waals surface area contributed by atoms with Crippen LogP contribution in [-0.2, 0) is 4.79 Å². The number of carbonyl (C=O) groups excluding carboxylic acids is 1. The summed E-state index contributed by atoms with van der Waals surface area (Å²) in [5.74, 6) is 0.945. The minimum atomic E-state index is 0.0243. The number of carbonyl (C=O) groups is 1. The maximum absolute atomic E-state index is 12.4. The molecule has 1 N–H and O–H groups in total. The van der Waals surface area contributed by atoms with Crippen LogP contribution in [0.15, 0.2) is 23.2 Å². The van der Waals surface area contributed by atoms with Crippen LogP contribution in [0.2, 0.25) is 5.02 Å². The van der Waals surface area contributed by atoms with Gasteiger partial charge in [-0.1, -0.05) is 48.7 Å². The van der Waals surface area contributed by atoms with Crippen LogP contribution in [0.4, 0.5) is 5.69 Å². The van der Waals surface area contributed by atoms with Crippen molar-refractivity contribution in [2.45, 2.75) is 57.5 Å². The second-order valence-corrected chi connectivity index (χ2v) is 8.39. The third-order valence-corrected chi connectivity index (χ3v) is 6.61. The van der Waals surface area contributed by atoms with Gasteiger partial charge in [-0.2, -0.15) is 0 Å². The van der Waals surface area contributed by atoms with Crippen LogP contribution < -0.4 is 5.32 Å². The molecule has 6 heteroatoms. The SMILES string of the molecule is Cc1ccc(NC(=O)CC2CSC(=NC3CCCCC3)N2C)cc1Cl. The van der Waals surface area contributed by atoms with Crippen LogP contribution in [0.1, 0.15) is 44.1 Å². The molecule has 1 atom stereocenters. The lowest BCUT2D eigenvalue weighted by atomic mass is 9.96. The number of amides is 1. The first-order valence-electron chi connectivity index (χ1n) is 9.02. The molecule has 0 bridgehead atoms. The predicted molar refractivity (Wildman–Crippen MR) is 108 cm³/mol. The van der Waals surface area contributed by atoms with Gasteiger partial charge in [-0.3, -0.25) is 9.79 Å². The summed E-state index contributed by atoms with van der Waals surface area (Å²) in [7, 11) is 2.06. The van der Waals surface area contributed by atoms with E-state index in [0.29, 0.717) is 17.5 Å². The Bertz CT molecular complexity index is 658. The lowest BCUT2D eigenvalue weighted by Crippen LogP contribution is -2.34. The monoisotopic (exact) mass is 379 g/mol. The zero-order valence-corrected chi connectivity index (χ0v) is 16.5. The molecule has 1 heterocycles. The topological polar surface area (TPSA) is 44.7 Å². The van der Waals surface area contributed by atoms with E-state index < -0.39 is 0 Å². The van der Waals surface area contributed by atoms with E-state index in [-0.39, 0.29) is 11.9 Å². The van der Waals surface area contributed by atoms with E-state index in [9.17, 15) is 4.79 Å². The first-order valence-corrected chi connectivity index (χ1v) is 10.4. The first kappa shape index (κ1) is 18.6. The van der Waals surface area contributed by atoms with Crippen LogP contribution >= 0.6 is 23.4 Å². The van der Waals surface area contributed by atoms with Crippen LogP contribution in [0, 0.1) is 6.92 Å². The Balaban J connectivity index is 1.54. The van der Waals surface area contributed by atoms with E-state index in [0.717, 1.165) is 22.2 Å². The van der Waals surface area contributed by atoms with Crippen LogP contribution in [-0.4, -0.2) is 40.9 Å². The Morgan fingerprint density at radius 3 is 2.84 bits per heavy atom. The third kappa shape index (κ3) is 4.91. The molecule has 2 fully saturated rings. The normalized spacial score (nSPS) is 23.2. The van der Waals surface area contributed by atoms with Gasteiger partial charge < -0.3 is 10.2 Å². The van der Waals surface area contributed by atoms with Gasteiger partial charge >= 0.3 is 0 Å². The second kappa shape index (κ2) is 8.45. The molecule has 4 nitrogen and oxygen atoms in total. The van der Waals surface area contributed by atoms with Crippen molar-refractivity contribution >= 4 is 40.1 Å². The molecule has 3 rings (SSSR count). The fraction of sp³-hybridized carbons (Fsp3) is 0.579. The maximum Gasteiger partial charge on any atom is 0.226 e. The van der Waals surface area contributed by atoms with Gasteiger partial charge in [0.15, 0.2) is 5.17 Å². The molecule has 25 heavy (non-hydrogen) atoms. The van der Waals surface area contributed by atoms with Crippen molar-refractivity contribution in [3.63, 3.8) is 0 Å². The minimum absolute atomic E-state index is 0.0243. The number of aryl methyl sites for hydroxylation is 1. The number of anilines is 1. The molecule has 0 aromatic heterocycles. The summed E-state index contributed by atoms with van der Waals surface area (Å²) in [4.78, 5) is 19.5. The average Bonchev–Trinajstić information content (AvgIpc) is 2.92. The van der Waals surface area contributed by atoms with Crippen LogP contribution in [0.25, 0.3) is 0 Å². The summed E-state index contributed by atoms with van der Waals surface area (Å²) in [6.45, 7) is 1.95. The average molecular weight is 380 g/mol. The van der Waals surface area contributed by atoms with Crippen molar-refractivity contribution in [3.8, 4) is 0 Å². The first-order chi connectivity index (χ1) is 12.0. The molecule has 0 spiro atoms. The predicted octanol–water partition coefficient (Wildman–Crippen LogP) is 4.71. The van der Waals surface area contributed by atoms with Crippen molar-refractivity contribution in [1.82, 2.24) is 4.90 Å². The van der Waals surface area contributed by atoms with Gasteiger partial charge in [0.2, 0.25) is 5.91 Å². The van der Waals surface area contributed by atoms with Crippen molar-refractivity contribution in [1.29, 1.82) is 0 Å². The molecule has 1 aromatic carbocycles. The van der Waals surface area contributed by atoms with Gasteiger partial charge in [0, 0.05) is 36.0 Å². The van der Waals surface area contributed by atoms with Crippen LogP contribution in [0.3, 0.4) is 0 Å². The molecule has 136 valence electrons. The van der Waals surface area contributed by atoms with Crippen molar-refractivity contribution < 1.29 is 4.79 Å². The van der Waals surface area contributed by atoms with Gasteiger partial charge in [0.05, 0.1) is 6.04 Å². The number of nitrogens with one attached hydrogen (secondary N) is 1. The van der Waals surface area contributed by atoms with E-state index in [1.165, 1.54) is 32.1 Å². The summed E-state index contributed by atoms with van der Waals surface area (Å²) in [5.41, 5.74) is 1.76. The number of benzene rings is 1. The highest BCUT2D eigenvalue weighted by Gasteiger charge is 2.29. The Morgan fingerprint density at radius 1 is 1.36 bits per heavy atom. The highest BCUT2D eigenvalue weighted by atomic mass is 35.5. The van der Waals surface area contributed by atoms with Gasteiger partial charge in [0.25, 0.3) is 0 Å². The molecule has 2 aliphatic rings. The number of rotatable bonds is 4. The standard InChI is InChI=1S/C19H26ClN3OS/c1-13-8-9-15(10-17(13)20)21-18(24)11-16-12-25-19(23(16)2)22-14-6-4-3-5-7-14/h8-10,14,16H,3-7,11-12H2,1-2H3,(H,21,24). The zero-order chi connectivity index (χ0) is 17.8. The van der Waals surface area contributed by atoms with Crippen molar-refractivity contribution in [2.24, 2.45) is 4.99 Å². The highest BCUT2D eigenvalue weighted by Crippen LogP contribution is 2.28.